The van der Waals surface area contributed by atoms with E-state index in [-0.39, 0.29) is 49.0 Å². The van der Waals surface area contributed by atoms with Crippen LogP contribution in [0.25, 0.3) is 0 Å². The molecule has 1 aliphatic rings. The lowest BCUT2D eigenvalue weighted by Gasteiger charge is -2.35. The number of piperazine rings is 1. The number of methoxy groups -OCH3 is 1. The summed E-state index contributed by atoms with van der Waals surface area (Å²) in [5.41, 5.74) is 5.92. The molecule has 0 aliphatic carbocycles. The molecule has 140 valence electrons. The van der Waals surface area contributed by atoms with Gasteiger partial charge in [-0.2, -0.15) is 0 Å². The van der Waals surface area contributed by atoms with Gasteiger partial charge in [-0.1, -0.05) is 18.2 Å². The minimum atomic E-state index is -0.368. The molecular weight excluding hydrogens is 349 g/mol. The second-order valence-electron chi connectivity index (χ2n) is 5.83. The van der Waals surface area contributed by atoms with Crippen LogP contribution < -0.4 is 5.73 Å². The Kier molecular flexibility index (Phi) is 8.82. The fourth-order valence-electron chi connectivity index (χ4n) is 2.71. The standard InChI is InChI=1S/C17H24FN3O3.ClH/c1-24-14(12-19)11-17(23)21-8-6-20(7-9-21)16(22)10-13-4-2-3-5-15(13)18;/h2-5,14H,6-12,19H2,1H3;1H. The van der Waals surface area contributed by atoms with Gasteiger partial charge in [0.2, 0.25) is 11.8 Å². The lowest BCUT2D eigenvalue weighted by atomic mass is 10.1. The number of hydrogen-bond acceptors (Lipinski definition) is 4. The molecule has 1 aromatic rings. The van der Waals surface area contributed by atoms with Gasteiger partial charge in [-0.15, -0.1) is 12.4 Å². The van der Waals surface area contributed by atoms with Crippen LogP contribution in [-0.2, 0) is 20.7 Å². The van der Waals surface area contributed by atoms with Gasteiger partial charge >= 0.3 is 0 Å². The van der Waals surface area contributed by atoms with Crippen LogP contribution in [-0.4, -0.2) is 67.6 Å². The number of nitrogens with two attached hydrogens (primary N) is 1. The Morgan fingerprint density at radius 2 is 1.72 bits per heavy atom. The molecule has 2 amide bonds. The third-order valence-electron chi connectivity index (χ3n) is 4.28. The average Bonchev–Trinajstić information content (AvgIpc) is 2.61. The van der Waals surface area contributed by atoms with E-state index < -0.39 is 0 Å². The molecule has 1 fully saturated rings. The molecule has 1 unspecified atom stereocenters. The predicted molar refractivity (Wildman–Crippen MR) is 95.0 cm³/mol. The summed E-state index contributed by atoms with van der Waals surface area (Å²) in [6.45, 7) is 2.16. The second kappa shape index (κ2) is 10.3. The van der Waals surface area contributed by atoms with Gasteiger partial charge in [0.1, 0.15) is 5.82 Å². The van der Waals surface area contributed by atoms with Crippen LogP contribution in [0.3, 0.4) is 0 Å². The number of nitrogens with zero attached hydrogens (tertiary/aromatic N) is 2. The van der Waals surface area contributed by atoms with Gasteiger partial charge in [-0.05, 0) is 11.6 Å². The van der Waals surface area contributed by atoms with E-state index in [1.807, 2.05) is 0 Å². The number of amides is 2. The molecule has 1 aliphatic heterocycles. The minimum absolute atomic E-state index is 0. The molecule has 1 saturated heterocycles. The highest BCUT2D eigenvalue weighted by molar-refractivity contribution is 5.85. The lowest BCUT2D eigenvalue weighted by Crippen LogP contribution is -2.51. The Morgan fingerprint density at radius 1 is 1.16 bits per heavy atom. The number of hydrogen-bond donors (Lipinski definition) is 1. The van der Waals surface area contributed by atoms with Crippen molar-refractivity contribution in [2.45, 2.75) is 18.9 Å². The number of carbonyl (C=O) groups is 2. The van der Waals surface area contributed by atoms with Crippen LogP contribution in [0, 0.1) is 5.82 Å². The average molecular weight is 374 g/mol. The van der Waals surface area contributed by atoms with E-state index in [9.17, 15) is 14.0 Å². The van der Waals surface area contributed by atoms with Crippen molar-refractivity contribution < 1.29 is 18.7 Å². The van der Waals surface area contributed by atoms with Crippen LogP contribution in [0.15, 0.2) is 24.3 Å². The first-order valence-electron chi connectivity index (χ1n) is 8.07. The zero-order chi connectivity index (χ0) is 17.5. The maximum atomic E-state index is 13.6. The third-order valence-corrected chi connectivity index (χ3v) is 4.28. The van der Waals surface area contributed by atoms with E-state index in [0.29, 0.717) is 38.3 Å². The predicted octanol–water partition coefficient (Wildman–Crippen LogP) is 0.825. The molecule has 0 bridgehead atoms. The molecule has 0 saturated carbocycles. The van der Waals surface area contributed by atoms with E-state index >= 15 is 0 Å². The molecule has 2 N–H and O–H groups in total. The van der Waals surface area contributed by atoms with Crippen LogP contribution in [0.1, 0.15) is 12.0 Å². The summed E-state index contributed by atoms with van der Waals surface area (Å²) in [5.74, 6) is -0.510. The van der Waals surface area contributed by atoms with Gasteiger partial charge in [0, 0.05) is 39.8 Å². The molecule has 8 heteroatoms. The summed E-state index contributed by atoms with van der Waals surface area (Å²) in [6.07, 6.45) is 0.00799. The van der Waals surface area contributed by atoms with Crippen molar-refractivity contribution in [3.8, 4) is 0 Å². The molecule has 6 nitrogen and oxygen atoms in total. The number of ether oxygens (including phenoxy) is 1. The number of rotatable bonds is 6. The highest BCUT2D eigenvalue weighted by Crippen LogP contribution is 2.11. The van der Waals surface area contributed by atoms with Gasteiger partial charge in [0.05, 0.1) is 18.9 Å². The summed E-state index contributed by atoms with van der Waals surface area (Å²) in [6, 6.07) is 6.28. The van der Waals surface area contributed by atoms with Crippen LogP contribution in [0.4, 0.5) is 4.39 Å². The molecule has 1 atom stereocenters. The van der Waals surface area contributed by atoms with Gasteiger partial charge in [-0.3, -0.25) is 9.59 Å². The van der Waals surface area contributed by atoms with E-state index in [1.165, 1.54) is 13.2 Å². The van der Waals surface area contributed by atoms with Gasteiger partial charge < -0.3 is 20.3 Å². The smallest absolute Gasteiger partial charge is 0.227 e. The maximum Gasteiger partial charge on any atom is 0.227 e. The van der Waals surface area contributed by atoms with Crippen molar-refractivity contribution >= 4 is 24.2 Å². The summed E-state index contributed by atoms with van der Waals surface area (Å²) >= 11 is 0. The summed E-state index contributed by atoms with van der Waals surface area (Å²) in [5, 5.41) is 0. The first-order chi connectivity index (χ1) is 11.5. The Bertz CT molecular complexity index is 576. The van der Waals surface area contributed by atoms with Gasteiger partial charge in [0.25, 0.3) is 0 Å². The van der Waals surface area contributed by atoms with E-state index in [0.717, 1.165) is 0 Å². The van der Waals surface area contributed by atoms with E-state index in [1.54, 1.807) is 28.0 Å². The number of carbonyl (C=O) groups excluding carboxylic acids is 2. The zero-order valence-corrected chi connectivity index (χ0v) is 15.1. The summed E-state index contributed by atoms with van der Waals surface area (Å²) < 4.78 is 18.8. The Labute approximate surface area is 153 Å². The maximum absolute atomic E-state index is 13.6. The molecule has 0 radical (unpaired) electrons. The molecule has 0 spiro atoms. The lowest BCUT2D eigenvalue weighted by molar-refractivity contribution is -0.140. The topological polar surface area (TPSA) is 75.9 Å². The van der Waals surface area contributed by atoms with Crippen molar-refractivity contribution in [2.24, 2.45) is 5.73 Å². The van der Waals surface area contributed by atoms with Crippen molar-refractivity contribution in [3.05, 3.63) is 35.6 Å². The Morgan fingerprint density at radius 3 is 2.24 bits per heavy atom. The second-order valence-corrected chi connectivity index (χ2v) is 5.83. The van der Waals surface area contributed by atoms with E-state index in [4.69, 9.17) is 10.5 Å². The van der Waals surface area contributed by atoms with Crippen molar-refractivity contribution in [2.75, 3.05) is 39.8 Å². The fourth-order valence-corrected chi connectivity index (χ4v) is 2.71. The van der Waals surface area contributed by atoms with Crippen LogP contribution in [0.5, 0.6) is 0 Å². The monoisotopic (exact) mass is 373 g/mol. The quantitative estimate of drug-likeness (QED) is 0.801. The van der Waals surface area contributed by atoms with Gasteiger partial charge in [0.15, 0.2) is 0 Å². The number of benzene rings is 1. The number of halogens is 2. The highest BCUT2D eigenvalue weighted by Gasteiger charge is 2.25. The molecule has 2 rings (SSSR count). The zero-order valence-electron chi connectivity index (χ0n) is 14.3. The Hall–Kier alpha value is -1.70. The fraction of sp³-hybridized carbons (Fsp3) is 0.529. The molecule has 0 aromatic heterocycles. The van der Waals surface area contributed by atoms with Crippen LogP contribution in [0.2, 0.25) is 0 Å². The normalized spacial score (nSPS) is 15.5. The minimum Gasteiger partial charge on any atom is -0.380 e. The van der Waals surface area contributed by atoms with Crippen LogP contribution >= 0.6 is 12.4 Å². The third kappa shape index (κ3) is 5.95. The van der Waals surface area contributed by atoms with E-state index in [2.05, 4.69) is 0 Å². The van der Waals surface area contributed by atoms with Gasteiger partial charge in [-0.25, -0.2) is 4.39 Å². The largest absolute Gasteiger partial charge is 0.380 e. The summed E-state index contributed by atoms with van der Waals surface area (Å²) in [4.78, 5) is 27.9. The van der Waals surface area contributed by atoms with Crippen molar-refractivity contribution in [1.82, 2.24) is 9.80 Å². The highest BCUT2D eigenvalue weighted by atomic mass is 35.5. The molecule has 1 heterocycles. The van der Waals surface area contributed by atoms with Crippen molar-refractivity contribution in [3.63, 3.8) is 0 Å². The molecular formula is C17H25ClFN3O3. The Balaban J connectivity index is 0.00000312. The summed E-state index contributed by atoms with van der Waals surface area (Å²) in [7, 11) is 1.53. The molecule has 25 heavy (non-hydrogen) atoms. The first kappa shape index (κ1) is 21.3. The first-order valence-corrected chi connectivity index (χ1v) is 8.07. The molecule has 1 aromatic carbocycles. The van der Waals surface area contributed by atoms with Crippen molar-refractivity contribution in [1.29, 1.82) is 0 Å². The SMILES string of the molecule is COC(CN)CC(=O)N1CCN(C(=O)Cc2ccccc2F)CC1.Cl.